The molecular formula is C22H21N3O4S. The maximum atomic E-state index is 12.5. The first kappa shape index (κ1) is 21.1. The van der Waals surface area contributed by atoms with Gasteiger partial charge in [0, 0.05) is 11.3 Å². The SMILES string of the molecule is COc1ccc(NC(=O)c2ccco2)cc1NC(=S)NC(=O)c1ccc(C)c(C)c1. The number of anilines is 2. The van der Waals surface area contributed by atoms with Crippen molar-refractivity contribution < 1.29 is 18.7 Å². The number of ether oxygens (including phenoxy) is 1. The normalized spacial score (nSPS) is 10.2. The van der Waals surface area contributed by atoms with Crippen LogP contribution in [-0.2, 0) is 0 Å². The van der Waals surface area contributed by atoms with Crippen molar-refractivity contribution in [1.82, 2.24) is 5.32 Å². The van der Waals surface area contributed by atoms with Gasteiger partial charge in [0.15, 0.2) is 10.9 Å². The van der Waals surface area contributed by atoms with E-state index in [0.29, 0.717) is 22.7 Å². The highest BCUT2D eigenvalue weighted by molar-refractivity contribution is 7.80. The van der Waals surface area contributed by atoms with Gasteiger partial charge >= 0.3 is 0 Å². The summed E-state index contributed by atoms with van der Waals surface area (Å²) >= 11 is 5.27. The molecule has 0 radical (unpaired) electrons. The highest BCUT2D eigenvalue weighted by Crippen LogP contribution is 2.28. The number of rotatable bonds is 5. The minimum absolute atomic E-state index is 0.103. The predicted molar refractivity (Wildman–Crippen MR) is 119 cm³/mol. The number of hydrogen-bond acceptors (Lipinski definition) is 5. The second kappa shape index (κ2) is 9.23. The first-order valence-electron chi connectivity index (χ1n) is 9.10. The molecule has 0 fully saturated rings. The summed E-state index contributed by atoms with van der Waals surface area (Å²) in [6.07, 6.45) is 1.42. The number of carbonyl (C=O) groups is 2. The van der Waals surface area contributed by atoms with Gasteiger partial charge in [-0.2, -0.15) is 0 Å². The van der Waals surface area contributed by atoms with Gasteiger partial charge in [-0.15, -0.1) is 0 Å². The Morgan fingerprint density at radius 1 is 0.967 bits per heavy atom. The van der Waals surface area contributed by atoms with Crippen LogP contribution >= 0.6 is 12.2 Å². The molecule has 0 saturated carbocycles. The van der Waals surface area contributed by atoms with Gasteiger partial charge in [-0.1, -0.05) is 6.07 Å². The molecule has 0 aliphatic heterocycles. The molecule has 2 aromatic carbocycles. The van der Waals surface area contributed by atoms with E-state index in [4.69, 9.17) is 21.4 Å². The lowest BCUT2D eigenvalue weighted by Gasteiger charge is -2.15. The van der Waals surface area contributed by atoms with Crippen molar-refractivity contribution in [2.45, 2.75) is 13.8 Å². The standard InChI is InChI=1S/C22H21N3O4S/c1-13-6-7-15(11-14(13)2)20(26)25-22(30)24-17-12-16(8-9-18(17)28-3)23-21(27)19-5-4-10-29-19/h4-12H,1-3H3,(H,23,27)(H2,24,25,26,30). The molecular weight excluding hydrogens is 402 g/mol. The molecule has 3 N–H and O–H groups in total. The number of thiocarbonyl (C=S) groups is 1. The van der Waals surface area contributed by atoms with E-state index < -0.39 is 0 Å². The molecule has 7 nitrogen and oxygen atoms in total. The van der Waals surface area contributed by atoms with Crippen molar-refractivity contribution in [2.75, 3.05) is 17.7 Å². The lowest BCUT2D eigenvalue weighted by molar-refractivity contribution is 0.0975. The molecule has 1 aromatic heterocycles. The van der Waals surface area contributed by atoms with E-state index in [1.54, 1.807) is 42.5 Å². The van der Waals surface area contributed by atoms with Crippen LogP contribution < -0.4 is 20.7 Å². The summed E-state index contributed by atoms with van der Waals surface area (Å²) in [5.74, 6) is -0.0242. The molecule has 0 aliphatic carbocycles. The first-order valence-corrected chi connectivity index (χ1v) is 9.50. The Bertz CT molecular complexity index is 1090. The maximum absolute atomic E-state index is 12.5. The summed E-state index contributed by atoms with van der Waals surface area (Å²) < 4.78 is 10.4. The zero-order valence-corrected chi connectivity index (χ0v) is 17.6. The largest absolute Gasteiger partial charge is 0.495 e. The molecule has 0 spiro atoms. The highest BCUT2D eigenvalue weighted by Gasteiger charge is 2.13. The van der Waals surface area contributed by atoms with Gasteiger partial charge < -0.3 is 19.8 Å². The van der Waals surface area contributed by atoms with Gasteiger partial charge in [0.1, 0.15) is 5.75 Å². The molecule has 0 atom stereocenters. The molecule has 154 valence electrons. The van der Waals surface area contributed by atoms with Crippen LogP contribution in [0.25, 0.3) is 0 Å². The molecule has 0 bridgehead atoms. The summed E-state index contributed by atoms with van der Waals surface area (Å²) in [7, 11) is 1.51. The van der Waals surface area contributed by atoms with Crippen molar-refractivity contribution in [2.24, 2.45) is 0 Å². The van der Waals surface area contributed by atoms with E-state index in [1.807, 2.05) is 19.9 Å². The van der Waals surface area contributed by atoms with E-state index in [0.717, 1.165) is 11.1 Å². The van der Waals surface area contributed by atoms with E-state index >= 15 is 0 Å². The Kier molecular flexibility index (Phi) is 6.48. The molecule has 8 heteroatoms. The van der Waals surface area contributed by atoms with Crippen LogP contribution in [-0.4, -0.2) is 24.0 Å². The molecule has 0 aliphatic rings. The predicted octanol–water partition coefficient (Wildman–Crippen LogP) is 4.28. The Morgan fingerprint density at radius 2 is 1.77 bits per heavy atom. The van der Waals surface area contributed by atoms with Gasteiger partial charge in [-0.05, 0) is 79.7 Å². The Balaban J connectivity index is 1.70. The van der Waals surface area contributed by atoms with Crippen molar-refractivity contribution in [3.8, 4) is 5.75 Å². The van der Waals surface area contributed by atoms with Crippen LogP contribution in [0, 0.1) is 13.8 Å². The van der Waals surface area contributed by atoms with Gasteiger partial charge in [0.2, 0.25) is 0 Å². The topological polar surface area (TPSA) is 92.6 Å². The number of furan rings is 1. The van der Waals surface area contributed by atoms with Gasteiger partial charge in [0.25, 0.3) is 11.8 Å². The van der Waals surface area contributed by atoms with Gasteiger partial charge in [-0.25, -0.2) is 0 Å². The number of methoxy groups -OCH3 is 1. The Hall–Kier alpha value is -3.65. The second-order valence-electron chi connectivity index (χ2n) is 6.55. The van der Waals surface area contributed by atoms with Crippen LogP contribution in [0.1, 0.15) is 32.0 Å². The molecule has 2 amide bonds. The smallest absolute Gasteiger partial charge is 0.291 e. The lowest BCUT2D eigenvalue weighted by Crippen LogP contribution is -2.34. The second-order valence-corrected chi connectivity index (χ2v) is 6.96. The van der Waals surface area contributed by atoms with Gasteiger partial charge in [-0.3, -0.25) is 14.9 Å². The number of amides is 2. The van der Waals surface area contributed by atoms with Crippen LogP contribution in [0.2, 0.25) is 0 Å². The number of benzene rings is 2. The van der Waals surface area contributed by atoms with E-state index in [2.05, 4.69) is 16.0 Å². The van der Waals surface area contributed by atoms with Crippen LogP contribution in [0.4, 0.5) is 11.4 Å². The quantitative estimate of drug-likeness (QED) is 0.531. The zero-order valence-electron chi connectivity index (χ0n) is 16.7. The van der Waals surface area contributed by atoms with Crippen molar-refractivity contribution in [1.29, 1.82) is 0 Å². The van der Waals surface area contributed by atoms with E-state index in [1.165, 1.54) is 13.4 Å². The highest BCUT2D eigenvalue weighted by atomic mass is 32.1. The third-order valence-corrected chi connectivity index (χ3v) is 4.65. The van der Waals surface area contributed by atoms with Crippen molar-refractivity contribution in [3.63, 3.8) is 0 Å². The van der Waals surface area contributed by atoms with E-state index in [9.17, 15) is 9.59 Å². The van der Waals surface area contributed by atoms with Gasteiger partial charge in [0.05, 0.1) is 19.1 Å². The summed E-state index contributed by atoms with van der Waals surface area (Å²) in [4.78, 5) is 24.6. The van der Waals surface area contributed by atoms with Crippen molar-refractivity contribution in [3.05, 3.63) is 77.2 Å². The average Bonchev–Trinajstić information content (AvgIpc) is 3.25. The molecule has 0 saturated heterocycles. The van der Waals surface area contributed by atoms with Crippen LogP contribution in [0.5, 0.6) is 5.75 Å². The van der Waals surface area contributed by atoms with Crippen LogP contribution in [0.3, 0.4) is 0 Å². The number of carbonyl (C=O) groups excluding carboxylic acids is 2. The Morgan fingerprint density at radius 3 is 2.43 bits per heavy atom. The minimum atomic E-state index is -0.387. The first-order chi connectivity index (χ1) is 14.4. The number of hydrogen-bond donors (Lipinski definition) is 3. The van der Waals surface area contributed by atoms with Crippen molar-refractivity contribution >= 4 is 40.5 Å². The molecule has 30 heavy (non-hydrogen) atoms. The monoisotopic (exact) mass is 423 g/mol. The molecule has 3 aromatic rings. The zero-order chi connectivity index (χ0) is 21.7. The summed E-state index contributed by atoms with van der Waals surface area (Å²) in [5.41, 5.74) is 3.62. The summed E-state index contributed by atoms with van der Waals surface area (Å²) in [6.45, 7) is 3.92. The third kappa shape index (κ3) is 5.03. The third-order valence-electron chi connectivity index (χ3n) is 4.45. The fourth-order valence-corrected chi connectivity index (χ4v) is 2.90. The average molecular weight is 423 g/mol. The fraction of sp³-hybridized carbons (Fsp3) is 0.136. The van der Waals surface area contributed by atoms with Crippen LogP contribution in [0.15, 0.2) is 59.2 Å². The summed E-state index contributed by atoms with van der Waals surface area (Å²) in [5, 5.41) is 8.42. The lowest BCUT2D eigenvalue weighted by atomic mass is 10.1. The molecule has 0 unspecified atom stereocenters. The summed E-state index contributed by atoms with van der Waals surface area (Å²) in [6, 6.07) is 13.6. The molecule has 3 rings (SSSR count). The fourth-order valence-electron chi connectivity index (χ4n) is 2.70. The number of aryl methyl sites for hydroxylation is 2. The Labute approximate surface area is 179 Å². The van der Waals surface area contributed by atoms with E-state index in [-0.39, 0.29) is 22.7 Å². The minimum Gasteiger partial charge on any atom is -0.495 e. The number of nitrogens with one attached hydrogen (secondary N) is 3. The molecule has 1 heterocycles. The maximum Gasteiger partial charge on any atom is 0.291 e.